The molecular weight excluding hydrogens is 484 g/mol. The van der Waals surface area contributed by atoms with Crippen molar-refractivity contribution >= 4 is 37.3 Å². The standard InChI is InChI=1S/C26H25BrN2O2S/c1-2-17-8-3-6-13-24(17)29-32(30,31)18-14-15-25-22(16-18)19-10-7-11-20(19)26(28-25)21-9-4-5-12-23(21)27/h3-10,12-16,19-20,26,28-29H,2,11H2,1H3/t19-,20+,26-/m0/s1. The molecule has 2 N–H and O–H groups in total. The molecule has 0 aromatic heterocycles. The number of aryl methyl sites for hydroxylation is 1. The molecule has 1 aliphatic carbocycles. The van der Waals surface area contributed by atoms with Crippen LogP contribution in [0, 0.1) is 5.92 Å². The zero-order chi connectivity index (χ0) is 22.3. The number of fused-ring (bicyclic) bond motifs is 3. The van der Waals surface area contributed by atoms with E-state index >= 15 is 0 Å². The highest BCUT2D eigenvalue weighted by molar-refractivity contribution is 9.10. The molecule has 0 saturated carbocycles. The van der Waals surface area contributed by atoms with E-state index in [-0.39, 0.29) is 12.0 Å². The Morgan fingerprint density at radius 1 is 1.03 bits per heavy atom. The third-order valence-electron chi connectivity index (χ3n) is 6.53. The minimum Gasteiger partial charge on any atom is -0.378 e. The summed E-state index contributed by atoms with van der Waals surface area (Å²) in [5.74, 6) is 0.523. The molecule has 0 unspecified atom stereocenters. The predicted molar refractivity (Wildman–Crippen MR) is 134 cm³/mol. The van der Waals surface area contributed by atoms with E-state index in [0.717, 1.165) is 34.1 Å². The molecule has 32 heavy (non-hydrogen) atoms. The predicted octanol–water partition coefficient (Wildman–Crippen LogP) is 6.64. The summed E-state index contributed by atoms with van der Waals surface area (Å²) in [6.07, 6.45) is 6.16. The molecule has 3 aromatic carbocycles. The highest BCUT2D eigenvalue weighted by Crippen LogP contribution is 2.51. The van der Waals surface area contributed by atoms with Gasteiger partial charge in [-0.15, -0.1) is 0 Å². The number of halogens is 1. The SMILES string of the molecule is CCc1ccccc1NS(=O)(=O)c1ccc2c(c1)[C@H]1C=CC[C@H]1[C@@H](c1ccccc1Br)N2. The van der Waals surface area contributed by atoms with E-state index in [2.05, 4.69) is 56.3 Å². The van der Waals surface area contributed by atoms with Crippen LogP contribution in [0.25, 0.3) is 0 Å². The molecule has 4 nitrogen and oxygen atoms in total. The number of hydrogen-bond donors (Lipinski definition) is 2. The van der Waals surface area contributed by atoms with Crippen molar-refractivity contribution in [2.75, 3.05) is 10.0 Å². The van der Waals surface area contributed by atoms with Gasteiger partial charge in [-0.2, -0.15) is 0 Å². The zero-order valence-electron chi connectivity index (χ0n) is 17.8. The first-order valence-electron chi connectivity index (χ1n) is 10.9. The fourth-order valence-corrected chi connectivity index (χ4v) is 6.57. The summed E-state index contributed by atoms with van der Waals surface area (Å²) in [4.78, 5) is 0.294. The third kappa shape index (κ3) is 3.76. The van der Waals surface area contributed by atoms with Crippen molar-refractivity contribution in [3.63, 3.8) is 0 Å². The van der Waals surface area contributed by atoms with Crippen LogP contribution in [0.15, 0.2) is 88.3 Å². The molecular formula is C26H25BrN2O2S. The van der Waals surface area contributed by atoms with Gasteiger partial charge in [-0.3, -0.25) is 4.72 Å². The minimum atomic E-state index is -3.69. The van der Waals surface area contributed by atoms with Crippen molar-refractivity contribution in [1.29, 1.82) is 0 Å². The quantitative estimate of drug-likeness (QED) is 0.379. The van der Waals surface area contributed by atoms with Gasteiger partial charge in [-0.25, -0.2) is 8.42 Å². The Labute approximate surface area is 197 Å². The Kier molecular flexibility index (Phi) is 5.59. The van der Waals surface area contributed by atoms with Crippen LogP contribution in [0.2, 0.25) is 0 Å². The molecule has 0 bridgehead atoms. The van der Waals surface area contributed by atoms with E-state index in [1.807, 2.05) is 49.4 Å². The van der Waals surface area contributed by atoms with Gasteiger partial charge in [0, 0.05) is 16.1 Å². The first-order valence-corrected chi connectivity index (χ1v) is 13.2. The zero-order valence-corrected chi connectivity index (χ0v) is 20.2. The van der Waals surface area contributed by atoms with Crippen molar-refractivity contribution in [2.45, 2.75) is 36.6 Å². The number of benzene rings is 3. The number of para-hydroxylation sites is 1. The van der Waals surface area contributed by atoms with E-state index in [4.69, 9.17) is 0 Å². The van der Waals surface area contributed by atoms with Gasteiger partial charge in [0.25, 0.3) is 10.0 Å². The van der Waals surface area contributed by atoms with Crippen LogP contribution in [0.4, 0.5) is 11.4 Å². The van der Waals surface area contributed by atoms with Gasteiger partial charge in [0.1, 0.15) is 0 Å². The second kappa shape index (κ2) is 8.41. The van der Waals surface area contributed by atoms with Crippen molar-refractivity contribution in [3.05, 3.63) is 100 Å². The highest BCUT2D eigenvalue weighted by Gasteiger charge is 2.39. The second-order valence-electron chi connectivity index (χ2n) is 8.36. The first-order chi connectivity index (χ1) is 15.5. The molecule has 0 radical (unpaired) electrons. The number of sulfonamides is 1. The monoisotopic (exact) mass is 508 g/mol. The topological polar surface area (TPSA) is 58.2 Å². The lowest BCUT2D eigenvalue weighted by Crippen LogP contribution is -2.29. The fourth-order valence-electron chi connectivity index (χ4n) is 4.91. The lowest BCUT2D eigenvalue weighted by atomic mass is 9.77. The minimum absolute atomic E-state index is 0.162. The largest absolute Gasteiger partial charge is 0.378 e. The number of hydrogen-bond acceptors (Lipinski definition) is 3. The molecule has 0 saturated heterocycles. The summed E-state index contributed by atoms with van der Waals surface area (Å²) in [6.45, 7) is 2.02. The normalized spacial score (nSPS) is 21.5. The molecule has 3 aromatic rings. The molecule has 0 spiro atoms. The first kappa shape index (κ1) is 21.3. The van der Waals surface area contributed by atoms with Crippen LogP contribution in [-0.4, -0.2) is 8.42 Å². The number of anilines is 2. The Morgan fingerprint density at radius 2 is 1.81 bits per heavy atom. The van der Waals surface area contributed by atoms with Gasteiger partial charge in [0.2, 0.25) is 0 Å². The van der Waals surface area contributed by atoms with E-state index < -0.39 is 10.0 Å². The van der Waals surface area contributed by atoms with Gasteiger partial charge < -0.3 is 5.32 Å². The molecule has 5 rings (SSSR count). The molecule has 2 aliphatic rings. The fraction of sp³-hybridized carbons (Fsp3) is 0.231. The average Bonchev–Trinajstić information content (AvgIpc) is 3.29. The molecule has 1 aliphatic heterocycles. The number of rotatable bonds is 5. The number of allylic oxidation sites excluding steroid dienone is 2. The molecule has 0 amide bonds. The van der Waals surface area contributed by atoms with Crippen LogP contribution >= 0.6 is 15.9 Å². The molecule has 3 atom stereocenters. The average molecular weight is 509 g/mol. The highest BCUT2D eigenvalue weighted by atomic mass is 79.9. The lowest BCUT2D eigenvalue weighted by molar-refractivity contribution is 0.424. The van der Waals surface area contributed by atoms with E-state index in [1.54, 1.807) is 6.07 Å². The van der Waals surface area contributed by atoms with Gasteiger partial charge in [-0.05, 0) is 65.8 Å². The molecule has 164 valence electrons. The summed E-state index contributed by atoms with van der Waals surface area (Å²) in [6, 6.07) is 21.4. The smallest absolute Gasteiger partial charge is 0.261 e. The maximum atomic E-state index is 13.2. The van der Waals surface area contributed by atoms with E-state index in [1.165, 1.54) is 5.56 Å². The second-order valence-corrected chi connectivity index (χ2v) is 10.9. The summed E-state index contributed by atoms with van der Waals surface area (Å²) < 4.78 is 30.3. The van der Waals surface area contributed by atoms with Crippen LogP contribution in [0.5, 0.6) is 0 Å². The Bertz CT molecular complexity index is 1300. The Morgan fingerprint density at radius 3 is 2.62 bits per heavy atom. The Balaban J connectivity index is 1.51. The van der Waals surface area contributed by atoms with Crippen LogP contribution in [0.1, 0.15) is 42.0 Å². The summed E-state index contributed by atoms with van der Waals surface area (Å²) in [5, 5.41) is 3.69. The maximum absolute atomic E-state index is 13.2. The van der Waals surface area contributed by atoms with Gasteiger partial charge in [0.15, 0.2) is 0 Å². The summed E-state index contributed by atoms with van der Waals surface area (Å²) in [7, 11) is -3.69. The van der Waals surface area contributed by atoms with Crippen molar-refractivity contribution in [3.8, 4) is 0 Å². The molecule has 0 fully saturated rings. The van der Waals surface area contributed by atoms with Gasteiger partial charge in [-0.1, -0.05) is 71.4 Å². The molecule has 6 heteroatoms. The van der Waals surface area contributed by atoms with Crippen LogP contribution in [0.3, 0.4) is 0 Å². The van der Waals surface area contributed by atoms with Crippen LogP contribution in [-0.2, 0) is 16.4 Å². The maximum Gasteiger partial charge on any atom is 0.261 e. The van der Waals surface area contributed by atoms with Crippen molar-refractivity contribution < 1.29 is 8.42 Å². The number of nitrogens with one attached hydrogen (secondary N) is 2. The third-order valence-corrected chi connectivity index (χ3v) is 8.61. The van der Waals surface area contributed by atoms with Gasteiger partial charge >= 0.3 is 0 Å². The van der Waals surface area contributed by atoms with E-state index in [0.29, 0.717) is 16.5 Å². The Hall–Kier alpha value is -2.57. The summed E-state index contributed by atoms with van der Waals surface area (Å²) in [5.41, 5.74) is 4.88. The van der Waals surface area contributed by atoms with Crippen molar-refractivity contribution in [1.82, 2.24) is 0 Å². The van der Waals surface area contributed by atoms with Crippen molar-refractivity contribution in [2.24, 2.45) is 5.92 Å². The van der Waals surface area contributed by atoms with Gasteiger partial charge in [0.05, 0.1) is 16.6 Å². The lowest BCUT2D eigenvalue weighted by Gasteiger charge is -2.38. The van der Waals surface area contributed by atoms with E-state index in [9.17, 15) is 8.42 Å². The van der Waals surface area contributed by atoms with Crippen LogP contribution < -0.4 is 10.0 Å². The molecule has 1 heterocycles. The summed E-state index contributed by atoms with van der Waals surface area (Å²) >= 11 is 3.70.